The largest absolute Gasteiger partial charge is 0.627 e. The first kappa shape index (κ1) is 12.4. The molecule has 90 valence electrons. The Morgan fingerprint density at radius 2 is 2.31 bits per heavy atom. The predicted octanol–water partition coefficient (Wildman–Crippen LogP) is -2.34. The van der Waals surface area contributed by atoms with Gasteiger partial charge in [-0.15, -0.1) is 0 Å². The molecule has 16 heavy (non-hydrogen) atoms. The van der Waals surface area contributed by atoms with E-state index < -0.39 is 22.6 Å². The highest BCUT2D eigenvalue weighted by molar-refractivity contribution is 5.56. The quantitative estimate of drug-likeness (QED) is 0.363. The highest BCUT2D eigenvalue weighted by Crippen LogP contribution is 2.09. The summed E-state index contributed by atoms with van der Waals surface area (Å²) in [5, 5.41) is 31.2. The van der Waals surface area contributed by atoms with Crippen LogP contribution in [0.15, 0.2) is 4.79 Å². The second kappa shape index (κ2) is 4.90. The average molecular weight is 230 g/mol. The number of aromatic nitrogens is 2. The molecule has 1 atom stereocenters. The van der Waals surface area contributed by atoms with E-state index in [1.54, 1.807) is 0 Å². The summed E-state index contributed by atoms with van der Waals surface area (Å²) in [5.41, 5.74) is 3.71. The third-order valence-electron chi connectivity index (χ3n) is 1.71. The van der Waals surface area contributed by atoms with E-state index in [1.807, 2.05) is 4.98 Å². The summed E-state index contributed by atoms with van der Waals surface area (Å²) in [6.45, 7) is 1.53. The molecule has 1 aromatic rings. The van der Waals surface area contributed by atoms with Crippen molar-refractivity contribution in [2.24, 2.45) is 0 Å². The first-order chi connectivity index (χ1) is 7.41. The fraction of sp³-hybridized carbons (Fsp3) is 0.429. The average Bonchev–Trinajstić information content (AvgIpc) is 2.12. The summed E-state index contributed by atoms with van der Waals surface area (Å²) in [4.78, 5) is 16.9. The Bertz CT molecular complexity index is 416. The molecule has 0 aliphatic carbocycles. The number of nitrogen functional groups attached to an aromatic ring is 1. The van der Waals surface area contributed by atoms with E-state index in [0.29, 0.717) is 0 Å². The van der Waals surface area contributed by atoms with Gasteiger partial charge in [-0.2, -0.15) is 4.98 Å². The van der Waals surface area contributed by atoms with Gasteiger partial charge >= 0.3 is 5.56 Å². The summed E-state index contributed by atoms with van der Waals surface area (Å²) in [6, 6.07) is 0. The number of anilines is 2. The molecule has 1 unspecified atom stereocenters. The smallest absolute Gasteiger partial charge is 0.316 e. The lowest BCUT2D eigenvalue weighted by molar-refractivity contribution is -0.715. The maximum atomic E-state index is 11.2. The van der Waals surface area contributed by atoms with Gasteiger partial charge in [0, 0.05) is 6.54 Å². The summed E-state index contributed by atoms with van der Waals surface area (Å²) in [6.07, 6.45) is -0.725. The lowest BCUT2D eigenvalue weighted by Crippen LogP contribution is -2.97. The minimum Gasteiger partial charge on any atom is -0.627 e. The van der Waals surface area contributed by atoms with Crippen LogP contribution in [-0.2, 0) is 0 Å². The lowest BCUT2D eigenvalue weighted by atomic mass is 10.4. The van der Waals surface area contributed by atoms with Gasteiger partial charge < -0.3 is 31.8 Å². The predicted molar refractivity (Wildman–Crippen MR) is 56.8 cm³/mol. The van der Waals surface area contributed by atoms with Crippen LogP contribution in [0.4, 0.5) is 17.5 Å². The Labute approximate surface area is 90.1 Å². The van der Waals surface area contributed by atoms with Crippen molar-refractivity contribution < 1.29 is 10.3 Å². The van der Waals surface area contributed by atoms with Gasteiger partial charge in [0.15, 0.2) is 5.82 Å². The number of hydrogen-bond acceptors (Lipinski definition) is 7. The minimum atomic E-state index is -1.66. The first-order valence-electron chi connectivity index (χ1n) is 4.45. The number of quaternary nitrogens is 1. The molecule has 9 heteroatoms. The monoisotopic (exact) mass is 230 g/mol. The van der Waals surface area contributed by atoms with Gasteiger partial charge in [0.2, 0.25) is 11.6 Å². The molecule has 0 amide bonds. The third kappa shape index (κ3) is 2.90. The van der Waals surface area contributed by atoms with Crippen molar-refractivity contribution in [2.75, 3.05) is 17.6 Å². The van der Waals surface area contributed by atoms with Gasteiger partial charge in [-0.25, -0.2) is 0 Å². The highest BCUT2D eigenvalue weighted by atomic mass is 16.8. The van der Waals surface area contributed by atoms with Crippen molar-refractivity contribution in [2.45, 2.75) is 13.0 Å². The van der Waals surface area contributed by atoms with Crippen LogP contribution in [0.1, 0.15) is 6.92 Å². The van der Waals surface area contributed by atoms with Crippen LogP contribution < -0.4 is 21.8 Å². The van der Waals surface area contributed by atoms with E-state index in [1.165, 1.54) is 6.92 Å². The van der Waals surface area contributed by atoms with Crippen LogP contribution in [-0.4, -0.2) is 27.7 Å². The molecule has 1 aromatic heterocycles. The van der Waals surface area contributed by atoms with E-state index >= 15 is 0 Å². The van der Waals surface area contributed by atoms with Gasteiger partial charge in [-0.05, 0) is 6.92 Å². The normalized spacial score (nSPS) is 12.8. The number of nitrogens with one attached hydrogen (secondary N) is 3. The minimum absolute atomic E-state index is 0.0379. The number of aliphatic hydroxyl groups excluding tert-OH is 1. The molecule has 0 fully saturated rings. The second-order valence-corrected chi connectivity index (χ2v) is 3.19. The third-order valence-corrected chi connectivity index (χ3v) is 1.71. The van der Waals surface area contributed by atoms with Crippen molar-refractivity contribution in [1.82, 2.24) is 9.97 Å². The molecule has 9 nitrogen and oxygen atoms in total. The topological polar surface area (TPSA) is 155 Å². The zero-order valence-electron chi connectivity index (χ0n) is 8.48. The molecular weight excluding hydrogens is 218 g/mol. The second-order valence-electron chi connectivity index (χ2n) is 3.19. The van der Waals surface area contributed by atoms with Crippen molar-refractivity contribution in [3.05, 3.63) is 20.8 Å². The van der Waals surface area contributed by atoms with E-state index in [2.05, 4.69) is 10.3 Å². The van der Waals surface area contributed by atoms with E-state index in [4.69, 9.17) is 10.8 Å². The van der Waals surface area contributed by atoms with Gasteiger partial charge in [-0.3, -0.25) is 9.78 Å². The van der Waals surface area contributed by atoms with Gasteiger partial charge in [0.05, 0.1) is 6.10 Å². The molecule has 0 aliphatic heterocycles. The molecule has 0 radical (unpaired) electrons. The zero-order valence-corrected chi connectivity index (χ0v) is 8.48. The Balaban J connectivity index is 3.09. The van der Waals surface area contributed by atoms with E-state index in [0.717, 1.165) is 0 Å². The van der Waals surface area contributed by atoms with Crippen molar-refractivity contribution in [3.63, 3.8) is 0 Å². The molecule has 1 rings (SSSR count). The van der Waals surface area contributed by atoms with Gasteiger partial charge in [0.25, 0.3) is 0 Å². The van der Waals surface area contributed by atoms with Crippen LogP contribution in [0, 0.1) is 10.4 Å². The zero-order chi connectivity index (χ0) is 12.3. The molecule has 0 spiro atoms. The van der Waals surface area contributed by atoms with Crippen LogP contribution in [0.25, 0.3) is 0 Å². The summed E-state index contributed by atoms with van der Waals surface area (Å²) in [5.74, 6) is -0.440. The maximum absolute atomic E-state index is 11.2. The fourth-order valence-corrected chi connectivity index (χ4v) is 1.05. The van der Waals surface area contributed by atoms with E-state index in [-0.39, 0.29) is 18.3 Å². The summed E-state index contributed by atoms with van der Waals surface area (Å²) in [7, 11) is 0. The first-order valence-corrected chi connectivity index (χ1v) is 4.45. The number of nitrogens with zero attached hydrogens (tertiary/aromatic N) is 1. The fourth-order valence-electron chi connectivity index (χ4n) is 1.05. The number of H-pyrrole nitrogens is 1. The summed E-state index contributed by atoms with van der Waals surface area (Å²) >= 11 is 0. The maximum Gasteiger partial charge on any atom is 0.316 e. The Hall–Kier alpha value is -1.68. The van der Waals surface area contributed by atoms with Crippen LogP contribution in [0.5, 0.6) is 0 Å². The molecular formula is C7H12N5O4-. The Kier molecular flexibility index (Phi) is 3.79. The standard InChI is InChI=1S/C7H12N5O4/c1-3(13)2-9-5-4(12(15)16)6(14)11-7(8)10-5/h3,12-13H,2H2,1H3,(H4,8,9,10,11,14)/q-1. The van der Waals surface area contributed by atoms with Crippen molar-refractivity contribution >= 4 is 17.5 Å². The van der Waals surface area contributed by atoms with Crippen molar-refractivity contribution in [1.29, 1.82) is 0 Å². The number of nitrogens with two attached hydrogens (primary N) is 1. The van der Waals surface area contributed by atoms with Crippen LogP contribution >= 0.6 is 0 Å². The number of aliphatic hydroxyl groups is 1. The number of rotatable bonds is 4. The lowest BCUT2D eigenvalue weighted by Gasteiger charge is -2.25. The number of aromatic amines is 1. The molecule has 0 bridgehead atoms. The Morgan fingerprint density at radius 1 is 1.69 bits per heavy atom. The molecule has 6 N–H and O–H groups in total. The van der Waals surface area contributed by atoms with Gasteiger partial charge in [-0.1, -0.05) is 0 Å². The van der Waals surface area contributed by atoms with Crippen LogP contribution in [0.3, 0.4) is 0 Å². The molecule has 0 saturated carbocycles. The van der Waals surface area contributed by atoms with E-state index in [9.17, 15) is 15.2 Å². The summed E-state index contributed by atoms with van der Waals surface area (Å²) < 4.78 is 0. The molecule has 0 aliphatic rings. The number of hydrogen-bond donors (Lipinski definition) is 5. The van der Waals surface area contributed by atoms with Crippen LogP contribution in [0.2, 0.25) is 0 Å². The molecule has 0 aromatic carbocycles. The molecule has 0 saturated heterocycles. The Morgan fingerprint density at radius 3 is 2.81 bits per heavy atom. The molecule has 1 heterocycles. The highest BCUT2D eigenvalue weighted by Gasteiger charge is 2.14. The van der Waals surface area contributed by atoms with Gasteiger partial charge in [0.1, 0.15) is 0 Å². The SMILES string of the molecule is CC(O)CNc1nc(N)[nH]c(=O)c1[NH+]([O-])[O-]. The van der Waals surface area contributed by atoms with Crippen molar-refractivity contribution in [3.8, 4) is 0 Å².